The zero-order valence-corrected chi connectivity index (χ0v) is 16.1. The summed E-state index contributed by atoms with van der Waals surface area (Å²) in [6, 6.07) is 7.31. The van der Waals surface area contributed by atoms with Gasteiger partial charge in [0.25, 0.3) is 5.91 Å². The van der Waals surface area contributed by atoms with Gasteiger partial charge in [-0.1, -0.05) is 33.8 Å². The summed E-state index contributed by atoms with van der Waals surface area (Å²) in [7, 11) is 0. The van der Waals surface area contributed by atoms with Crippen molar-refractivity contribution >= 4 is 23.1 Å². The average Bonchev–Trinajstić information content (AvgIpc) is 3.11. The second kappa shape index (κ2) is 8.11. The van der Waals surface area contributed by atoms with Gasteiger partial charge in [-0.15, -0.1) is 15.3 Å². The summed E-state index contributed by atoms with van der Waals surface area (Å²) in [6.07, 6.45) is 3.54. The Balaban J connectivity index is 2.02. The molecule has 0 aliphatic carbocycles. The standard InChI is InChI=1S/C19H25N7O/c1-5-13(6-2)21-16-11-15(22-19(27)14-9-7-8-10-20-14)18-24-23-17(12(3)4)26(18)25-16/h7-13H,5-6H2,1-4H3,(H,21,25)(H,22,27). The molecule has 27 heavy (non-hydrogen) atoms. The van der Waals surface area contributed by atoms with Gasteiger partial charge in [0, 0.05) is 24.2 Å². The molecule has 3 aromatic heterocycles. The summed E-state index contributed by atoms with van der Waals surface area (Å²) in [4.78, 5) is 16.7. The summed E-state index contributed by atoms with van der Waals surface area (Å²) >= 11 is 0. The van der Waals surface area contributed by atoms with E-state index in [1.807, 2.05) is 13.8 Å². The molecule has 1 amide bonds. The predicted octanol–water partition coefficient (Wildman–Crippen LogP) is 3.50. The Kier molecular flexibility index (Phi) is 5.63. The highest BCUT2D eigenvalue weighted by Gasteiger charge is 2.18. The highest BCUT2D eigenvalue weighted by Crippen LogP contribution is 2.23. The molecule has 0 bridgehead atoms. The molecule has 3 heterocycles. The van der Waals surface area contributed by atoms with Crippen molar-refractivity contribution in [3.63, 3.8) is 0 Å². The van der Waals surface area contributed by atoms with Crippen molar-refractivity contribution in [1.82, 2.24) is 24.8 Å². The first kappa shape index (κ1) is 18.8. The van der Waals surface area contributed by atoms with Crippen molar-refractivity contribution in [1.29, 1.82) is 0 Å². The van der Waals surface area contributed by atoms with Crippen LogP contribution in [0.25, 0.3) is 5.65 Å². The number of rotatable bonds is 7. The third-order valence-electron chi connectivity index (χ3n) is 4.39. The molecule has 0 atom stereocenters. The van der Waals surface area contributed by atoms with Crippen molar-refractivity contribution in [2.75, 3.05) is 10.6 Å². The molecule has 0 aliphatic rings. The van der Waals surface area contributed by atoms with E-state index in [0.29, 0.717) is 28.9 Å². The molecule has 0 radical (unpaired) electrons. The number of carbonyl (C=O) groups is 1. The summed E-state index contributed by atoms with van der Waals surface area (Å²) in [5, 5.41) is 19.5. The van der Waals surface area contributed by atoms with E-state index in [-0.39, 0.29) is 11.8 Å². The third-order valence-corrected chi connectivity index (χ3v) is 4.39. The van der Waals surface area contributed by atoms with Gasteiger partial charge in [0.2, 0.25) is 5.65 Å². The summed E-state index contributed by atoms with van der Waals surface area (Å²) in [5.41, 5.74) is 1.40. The molecular weight excluding hydrogens is 342 g/mol. The van der Waals surface area contributed by atoms with Gasteiger partial charge in [-0.05, 0) is 25.0 Å². The molecule has 142 valence electrons. The van der Waals surface area contributed by atoms with Gasteiger partial charge in [0.1, 0.15) is 11.5 Å². The zero-order chi connectivity index (χ0) is 19.4. The maximum absolute atomic E-state index is 12.6. The third kappa shape index (κ3) is 4.05. The number of hydrogen-bond acceptors (Lipinski definition) is 6. The number of nitrogens with zero attached hydrogens (tertiary/aromatic N) is 5. The van der Waals surface area contributed by atoms with Crippen molar-refractivity contribution in [3.8, 4) is 0 Å². The molecular formula is C19H25N7O. The number of amides is 1. The topological polar surface area (TPSA) is 97.1 Å². The number of aromatic nitrogens is 5. The smallest absolute Gasteiger partial charge is 0.274 e. The number of pyridine rings is 1. The van der Waals surface area contributed by atoms with Gasteiger partial charge in [0.15, 0.2) is 5.82 Å². The molecule has 2 N–H and O–H groups in total. The lowest BCUT2D eigenvalue weighted by Gasteiger charge is -2.17. The molecule has 8 nitrogen and oxygen atoms in total. The van der Waals surface area contributed by atoms with Gasteiger partial charge in [0.05, 0.1) is 5.69 Å². The van der Waals surface area contributed by atoms with E-state index < -0.39 is 0 Å². The highest BCUT2D eigenvalue weighted by molar-refractivity contribution is 6.04. The summed E-state index contributed by atoms with van der Waals surface area (Å²) in [5.74, 6) is 1.27. The lowest BCUT2D eigenvalue weighted by molar-refractivity contribution is 0.102. The average molecular weight is 367 g/mol. The number of anilines is 2. The minimum Gasteiger partial charge on any atom is -0.366 e. The molecule has 0 fully saturated rings. The largest absolute Gasteiger partial charge is 0.366 e. The van der Waals surface area contributed by atoms with E-state index in [1.54, 1.807) is 35.0 Å². The van der Waals surface area contributed by atoms with Crippen LogP contribution in [0.5, 0.6) is 0 Å². The van der Waals surface area contributed by atoms with E-state index >= 15 is 0 Å². The van der Waals surface area contributed by atoms with Crippen LogP contribution in [0.4, 0.5) is 11.5 Å². The first-order valence-electron chi connectivity index (χ1n) is 9.28. The van der Waals surface area contributed by atoms with Gasteiger partial charge >= 0.3 is 0 Å². The van der Waals surface area contributed by atoms with Crippen LogP contribution in [0.2, 0.25) is 0 Å². The first-order chi connectivity index (χ1) is 13.0. The first-order valence-corrected chi connectivity index (χ1v) is 9.28. The maximum atomic E-state index is 12.6. The number of hydrogen-bond donors (Lipinski definition) is 2. The normalized spacial score (nSPS) is 11.3. The zero-order valence-electron chi connectivity index (χ0n) is 16.1. The molecule has 3 rings (SSSR count). The minimum atomic E-state index is -0.300. The second-order valence-electron chi connectivity index (χ2n) is 6.72. The fourth-order valence-corrected chi connectivity index (χ4v) is 2.80. The van der Waals surface area contributed by atoms with E-state index in [1.165, 1.54) is 0 Å². The Bertz CT molecular complexity index is 916. The van der Waals surface area contributed by atoms with Crippen LogP contribution >= 0.6 is 0 Å². The highest BCUT2D eigenvalue weighted by atomic mass is 16.1. The lowest BCUT2D eigenvalue weighted by atomic mass is 10.2. The van der Waals surface area contributed by atoms with E-state index in [4.69, 9.17) is 0 Å². The molecule has 0 saturated carbocycles. The van der Waals surface area contributed by atoms with Crippen LogP contribution < -0.4 is 10.6 Å². The van der Waals surface area contributed by atoms with E-state index in [9.17, 15) is 4.79 Å². The van der Waals surface area contributed by atoms with E-state index in [0.717, 1.165) is 18.7 Å². The number of carbonyl (C=O) groups excluding carboxylic acids is 1. The predicted molar refractivity (Wildman–Crippen MR) is 105 cm³/mol. The van der Waals surface area contributed by atoms with Gasteiger partial charge in [-0.3, -0.25) is 9.78 Å². The second-order valence-corrected chi connectivity index (χ2v) is 6.72. The number of nitrogens with one attached hydrogen (secondary N) is 2. The van der Waals surface area contributed by atoms with Crippen LogP contribution in [-0.4, -0.2) is 36.7 Å². The molecule has 3 aromatic rings. The quantitative estimate of drug-likeness (QED) is 0.663. The van der Waals surface area contributed by atoms with Crippen LogP contribution in [0.1, 0.15) is 62.8 Å². The van der Waals surface area contributed by atoms with Gasteiger partial charge in [-0.25, -0.2) is 0 Å². The SMILES string of the molecule is CCC(CC)Nc1cc(NC(=O)c2ccccn2)c2nnc(C(C)C)n2n1. The number of fused-ring (bicyclic) bond motifs is 1. The van der Waals surface area contributed by atoms with Gasteiger partial charge < -0.3 is 10.6 Å². The van der Waals surface area contributed by atoms with Crippen LogP contribution in [0.3, 0.4) is 0 Å². The van der Waals surface area contributed by atoms with Crippen molar-refractivity contribution in [3.05, 3.63) is 42.0 Å². The van der Waals surface area contributed by atoms with Crippen LogP contribution in [0.15, 0.2) is 30.5 Å². The Morgan fingerprint density at radius 1 is 1.19 bits per heavy atom. The molecule has 0 aromatic carbocycles. The molecule has 8 heteroatoms. The molecule has 0 unspecified atom stereocenters. The van der Waals surface area contributed by atoms with Gasteiger partial charge in [-0.2, -0.15) is 4.52 Å². The summed E-state index contributed by atoms with van der Waals surface area (Å²) < 4.78 is 1.70. The Morgan fingerprint density at radius 3 is 2.59 bits per heavy atom. The summed E-state index contributed by atoms with van der Waals surface area (Å²) in [6.45, 7) is 8.32. The lowest BCUT2D eigenvalue weighted by Crippen LogP contribution is -2.20. The van der Waals surface area contributed by atoms with Crippen LogP contribution in [-0.2, 0) is 0 Å². The Hall–Kier alpha value is -3.03. The maximum Gasteiger partial charge on any atom is 0.274 e. The fraction of sp³-hybridized carbons (Fsp3) is 0.421. The van der Waals surface area contributed by atoms with E-state index in [2.05, 4.69) is 44.8 Å². The monoisotopic (exact) mass is 367 g/mol. The van der Waals surface area contributed by atoms with Crippen molar-refractivity contribution in [2.24, 2.45) is 0 Å². The molecule has 0 aliphatic heterocycles. The van der Waals surface area contributed by atoms with Crippen molar-refractivity contribution < 1.29 is 4.79 Å². The van der Waals surface area contributed by atoms with Crippen LogP contribution in [0, 0.1) is 0 Å². The molecule has 0 saturated heterocycles. The fourth-order valence-electron chi connectivity index (χ4n) is 2.80. The Labute approximate surface area is 158 Å². The minimum absolute atomic E-state index is 0.148. The van der Waals surface area contributed by atoms with Crippen molar-refractivity contribution in [2.45, 2.75) is 52.5 Å². The molecule has 0 spiro atoms. The Morgan fingerprint density at radius 2 is 1.96 bits per heavy atom.